The molecule has 0 aliphatic heterocycles. The first-order valence-electron chi connectivity index (χ1n) is 6.42. The summed E-state index contributed by atoms with van der Waals surface area (Å²) in [6, 6.07) is 2.29. The summed E-state index contributed by atoms with van der Waals surface area (Å²) in [5.41, 5.74) is 0.278. The third-order valence-corrected chi connectivity index (χ3v) is 5.39. The molecule has 1 aromatic rings. The van der Waals surface area contributed by atoms with E-state index >= 15 is 0 Å². The first-order valence-corrected chi connectivity index (χ1v) is 8.77. The zero-order valence-corrected chi connectivity index (χ0v) is 13.8. The van der Waals surface area contributed by atoms with Gasteiger partial charge in [0.15, 0.2) is 0 Å². The van der Waals surface area contributed by atoms with Gasteiger partial charge >= 0.3 is 0 Å². The van der Waals surface area contributed by atoms with Crippen LogP contribution in [0.25, 0.3) is 0 Å². The molecule has 0 aromatic heterocycles. The summed E-state index contributed by atoms with van der Waals surface area (Å²) in [7, 11) is -3.72. The Labute approximate surface area is 129 Å². The summed E-state index contributed by atoms with van der Waals surface area (Å²) in [4.78, 5) is -0.100. The van der Waals surface area contributed by atoms with Crippen molar-refractivity contribution in [2.75, 3.05) is 13.1 Å². The lowest BCUT2D eigenvalue weighted by molar-refractivity contribution is 0.409. The molecule has 0 aliphatic carbocycles. The van der Waals surface area contributed by atoms with Crippen LogP contribution in [-0.4, -0.2) is 25.8 Å². The Balaban J connectivity index is 3.30. The number of nitrogens with zero attached hydrogens (tertiary/aromatic N) is 1. The van der Waals surface area contributed by atoms with E-state index in [0.717, 1.165) is 6.07 Å². The van der Waals surface area contributed by atoms with E-state index in [1.807, 2.05) is 13.8 Å². The van der Waals surface area contributed by atoms with Crippen molar-refractivity contribution in [3.8, 4) is 0 Å². The molecule has 0 aliphatic rings. The molecule has 0 spiro atoms. The van der Waals surface area contributed by atoms with Crippen molar-refractivity contribution in [3.05, 3.63) is 28.5 Å². The molecule has 1 rings (SSSR count). The van der Waals surface area contributed by atoms with E-state index < -0.39 is 15.8 Å². The van der Waals surface area contributed by atoms with E-state index in [4.69, 9.17) is 23.2 Å². The second kappa shape index (κ2) is 7.59. The lowest BCUT2D eigenvalue weighted by atomic mass is 10.2. The van der Waals surface area contributed by atoms with Crippen molar-refractivity contribution in [1.82, 2.24) is 4.31 Å². The maximum absolute atomic E-state index is 13.7. The minimum absolute atomic E-state index is 0.0410. The van der Waals surface area contributed by atoms with Gasteiger partial charge in [0, 0.05) is 19.0 Å². The molecule has 0 fully saturated rings. The van der Waals surface area contributed by atoms with Crippen molar-refractivity contribution in [2.24, 2.45) is 0 Å². The summed E-state index contributed by atoms with van der Waals surface area (Å²) in [5.74, 6) is -0.808. The largest absolute Gasteiger partial charge is 0.243 e. The fraction of sp³-hybridized carbons (Fsp3) is 0.538. The second-order valence-corrected chi connectivity index (χ2v) is 7.00. The predicted molar refractivity (Wildman–Crippen MR) is 80.3 cm³/mol. The third-order valence-electron chi connectivity index (χ3n) is 2.80. The van der Waals surface area contributed by atoms with Gasteiger partial charge in [-0.15, -0.1) is 11.6 Å². The molecule has 0 N–H and O–H groups in total. The third kappa shape index (κ3) is 3.85. The van der Waals surface area contributed by atoms with Crippen LogP contribution < -0.4 is 0 Å². The van der Waals surface area contributed by atoms with Crippen molar-refractivity contribution < 1.29 is 12.8 Å². The Bertz CT molecular complexity index is 558. The Morgan fingerprint density at radius 2 is 1.75 bits per heavy atom. The first kappa shape index (κ1) is 17.7. The van der Waals surface area contributed by atoms with E-state index in [9.17, 15) is 12.8 Å². The maximum atomic E-state index is 13.7. The second-order valence-electron chi connectivity index (χ2n) is 4.42. The van der Waals surface area contributed by atoms with Crippen LogP contribution in [0.3, 0.4) is 0 Å². The average molecular weight is 342 g/mol. The summed E-state index contributed by atoms with van der Waals surface area (Å²) < 4.78 is 40.1. The molecule has 0 saturated heterocycles. The van der Waals surface area contributed by atoms with E-state index in [1.165, 1.54) is 10.4 Å². The van der Waals surface area contributed by atoms with Crippen LogP contribution in [0.4, 0.5) is 4.39 Å². The standard InChI is InChI=1S/C13H18Cl2FNO2S/c1-3-5-17(6-4-2)20(18,19)11-7-10(9-14)13(15)12(16)8-11/h7-8H,3-6,9H2,1-2H3. The monoisotopic (exact) mass is 341 g/mol. The molecule has 20 heavy (non-hydrogen) atoms. The van der Waals surface area contributed by atoms with E-state index in [0.29, 0.717) is 25.9 Å². The minimum Gasteiger partial charge on any atom is -0.207 e. The quantitative estimate of drug-likeness (QED) is 0.702. The zero-order chi connectivity index (χ0) is 15.3. The molecule has 0 heterocycles. The lowest BCUT2D eigenvalue weighted by Crippen LogP contribution is -2.32. The van der Waals surface area contributed by atoms with Gasteiger partial charge in [0.2, 0.25) is 10.0 Å². The molecule has 0 radical (unpaired) electrons. The lowest BCUT2D eigenvalue weighted by Gasteiger charge is -2.21. The summed E-state index contributed by atoms with van der Waals surface area (Å²) >= 11 is 11.4. The molecule has 0 amide bonds. The van der Waals surface area contributed by atoms with Gasteiger partial charge in [0.1, 0.15) is 5.82 Å². The Hall–Kier alpha value is -0.360. The first-order chi connectivity index (χ1) is 9.38. The SMILES string of the molecule is CCCN(CCC)S(=O)(=O)c1cc(F)c(Cl)c(CCl)c1. The molecule has 0 bridgehead atoms. The predicted octanol–water partition coefficient (Wildman–Crippen LogP) is 4.03. The number of hydrogen-bond donors (Lipinski definition) is 0. The highest BCUT2D eigenvalue weighted by Gasteiger charge is 2.25. The van der Waals surface area contributed by atoms with Crippen molar-refractivity contribution in [3.63, 3.8) is 0 Å². The number of alkyl halides is 1. The van der Waals surface area contributed by atoms with Crippen molar-refractivity contribution in [2.45, 2.75) is 37.5 Å². The fourth-order valence-corrected chi connectivity index (χ4v) is 4.01. The number of hydrogen-bond acceptors (Lipinski definition) is 2. The smallest absolute Gasteiger partial charge is 0.207 e. The highest BCUT2D eigenvalue weighted by molar-refractivity contribution is 7.89. The van der Waals surface area contributed by atoms with Crippen LogP contribution in [0.2, 0.25) is 5.02 Å². The molecule has 3 nitrogen and oxygen atoms in total. The van der Waals surface area contributed by atoms with Crippen LogP contribution in [0.15, 0.2) is 17.0 Å². The van der Waals surface area contributed by atoms with Gasteiger partial charge in [0.25, 0.3) is 0 Å². The summed E-state index contributed by atoms with van der Waals surface area (Å²) in [6.45, 7) is 4.59. The average Bonchev–Trinajstić information content (AvgIpc) is 2.41. The van der Waals surface area contributed by atoms with Crippen molar-refractivity contribution >= 4 is 33.2 Å². The zero-order valence-electron chi connectivity index (χ0n) is 11.5. The normalized spacial score (nSPS) is 12.1. The molecular weight excluding hydrogens is 324 g/mol. The highest BCUT2D eigenvalue weighted by Crippen LogP contribution is 2.27. The van der Waals surface area contributed by atoms with E-state index in [2.05, 4.69) is 0 Å². The Kier molecular flexibility index (Phi) is 6.72. The van der Waals surface area contributed by atoms with Gasteiger partial charge in [-0.25, -0.2) is 12.8 Å². The Morgan fingerprint density at radius 3 is 2.20 bits per heavy atom. The van der Waals surface area contributed by atoms with Crippen LogP contribution in [0.1, 0.15) is 32.3 Å². The molecular formula is C13H18Cl2FNO2S. The van der Waals surface area contributed by atoms with Gasteiger partial charge in [-0.3, -0.25) is 0 Å². The highest BCUT2D eigenvalue weighted by atomic mass is 35.5. The fourth-order valence-electron chi connectivity index (χ4n) is 1.86. The van der Waals surface area contributed by atoms with Crippen LogP contribution in [0, 0.1) is 5.82 Å². The van der Waals surface area contributed by atoms with Crippen LogP contribution >= 0.6 is 23.2 Å². The Morgan fingerprint density at radius 1 is 1.20 bits per heavy atom. The molecule has 7 heteroatoms. The molecule has 114 valence electrons. The van der Waals surface area contributed by atoms with Gasteiger partial charge in [-0.05, 0) is 30.5 Å². The van der Waals surface area contributed by atoms with Gasteiger partial charge in [-0.2, -0.15) is 4.31 Å². The maximum Gasteiger partial charge on any atom is 0.243 e. The number of halogens is 3. The topological polar surface area (TPSA) is 37.4 Å². The number of sulfonamides is 1. The van der Waals surface area contributed by atoms with Gasteiger partial charge in [0.05, 0.1) is 9.92 Å². The molecule has 1 aromatic carbocycles. The number of rotatable bonds is 7. The van der Waals surface area contributed by atoms with E-state index in [1.54, 1.807) is 0 Å². The van der Waals surface area contributed by atoms with Gasteiger partial charge in [-0.1, -0.05) is 25.4 Å². The number of benzene rings is 1. The molecule has 0 unspecified atom stereocenters. The van der Waals surface area contributed by atoms with Crippen LogP contribution in [-0.2, 0) is 15.9 Å². The molecule has 0 saturated carbocycles. The summed E-state index contributed by atoms with van der Waals surface area (Å²) in [5, 5.41) is -0.128. The summed E-state index contributed by atoms with van der Waals surface area (Å²) in [6.07, 6.45) is 1.38. The molecule has 0 atom stereocenters. The van der Waals surface area contributed by atoms with Gasteiger partial charge < -0.3 is 0 Å². The van der Waals surface area contributed by atoms with Crippen LogP contribution in [0.5, 0.6) is 0 Å². The van der Waals surface area contributed by atoms with E-state index in [-0.39, 0.29) is 21.4 Å². The minimum atomic E-state index is -3.72. The van der Waals surface area contributed by atoms with Crippen molar-refractivity contribution in [1.29, 1.82) is 0 Å².